The largest absolute Gasteiger partial charge is 0.507 e. The number of nitrogen functional groups attached to an aromatic ring is 1. The van der Waals surface area contributed by atoms with Gasteiger partial charge in [-0.05, 0) is 162 Å². The average molecular weight is 1090 g/mol. The molecule has 7 aromatic carbocycles. The summed E-state index contributed by atoms with van der Waals surface area (Å²) >= 11 is 0. The maximum atomic E-state index is 12.9. The zero-order valence-electron chi connectivity index (χ0n) is 52.0. The number of phenols is 4. The Labute approximate surface area is 484 Å². The molecule has 1 heterocycles. The van der Waals surface area contributed by atoms with Gasteiger partial charge in [0.15, 0.2) is 0 Å². The first-order valence-electron chi connectivity index (χ1n) is 29.3. The van der Waals surface area contributed by atoms with Crippen molar-refractivity contribution in [2.24, 2.45) is 0 Å². The summed E-state index contributed by atoms with van der Waals surface area (Å²) in [5.74, 6) is 2.14. The van der Waals surface area contributed by atoms with Gasteiger partial charge in [-0.25, -0.2) is 0 Å². The number of ether oxygens (including phenoxy) is 2. The van der Waals surface area contributed by atoms with E-state index in [9.17, 15) is 20.4 Å². The molecule has 81 heavy (non-hydrogen) atoms. The molecular weight excluding hydrogens is 999 g/mol. The van der Waals surface area contributed by atoms with Crippen LogP contribution in [0, 0.1) is 0 Å². The Morgan fingerprint density at radius 3 is 0.642 bits per heavy atom. The summed E-state index contributed by atoms with van der Waals surface area (Å²) in [4.78, 5) is 0. The van der Waals surface area contributed by atoms with Gasteiger partial charge in [-0.3, -0.25) is 0 Å². The second-order valence-corrected chi connectivity index (χ2v) is 30.0. The predicted molar refractivity (Wildman–Crippen MR) is 334 cm³/mol. The standard InChI is InChI=1S/C74H91NO6/c1-69(2,3)56-28-44-22-45-29-57(70(4,5)6)31-47(64(45)77)24-49-33-59(72(10,11)12)35-51(66(49)79)26-53-37-61(74(16,17)18)39-55-27-54-38-60(73(13,14)15)36-52(67(54)80-40-42-19-43(21-62(75)20-42)41-81-68(53)55)25-50-34-58(71(7,8)9)32-48(65(50)78)23-46(30-56)63(44)76/h19-21,28-39,76-79H,22-27,40-41,75H2,1-18H3. The van der Waals surface area contributed by atoms with Crippen LogP contribution in [0.4, 0.5) is 5.69 Å². The molecule has 428 valence electrons. The summed E-state index contributed by atoms with van der Waals surface area (Å²) in [6, 6.07) is 32.0. The van der Waals surface area contributed by atoms with E-state index in [1.54, 1.807) is 0 Å². The number of anilines is 1. The SMILES string of the molecule is CC(C)(C)c1cc2c(O)c(c1)Cc1cc(C(C)(C)C)cc(c1O)Cc1cc(C(C)(C)C)cc3c1OCc1cc(N)cc(c1)COc1c(cc(C(C)(C)C)cc1C3)Cc1cc(C(C)(C)C)cc(c1O)Cc1cc(C(C)(C)C)cc(c1O)C2. The molecule has 0 spiro atoms. The van der Waals surface area contributed by atoms with Gasteiger partial charge in [-0.1, -0.05) is 197 Å². The van der Waals surface area contributed by atoms with E-state index >= 15 is 0 Å². The van der Waals surface area contributed by atoms with Crippen molar-refractivity contribution >= 4 is 5.69 Å². The molecular formula is C74H91NO6. The minimum Gasteiger partial charge on any atom is -0.507 e. The maximum Gasteiger partial charge on any atom is 0.126 e. The number of hydrogen-bond donors (Lipinski definition) is 5. The van der Waals surface area contributed by atoms with Crippen molar-refractivity contribution in [2.75, 3.05) is 5.73 Å². The van der Waals surface area contributed by atoms with E-state index in [0.29, 0.717) is 58.3 Å². The lowest BCUT2D eigenvalue weighted by Gasteiger charge is -2.28. The number of fused-ring (bicyclic) bond motifs is 10. The molecule has 1 aliphatic heterocycles. The highest BCUT2D eigenvalue weighted by molar-refractivity contribution is 5.61. The summed E-state index contributed by atoms with van der Waals surface area (Å²) in [6.45, 7) is 40.2. The molecule has 0 saturated heterocycles. The molecule has 7 aromatic rings. The molecule has 0 amide bonds. The molecule has 0 aromatic heterocycles. The Bertz CT molecular complexity index is 3360. The number of benzene rings is 7. The molecule has 7 heteroatoms. The normalized spacial score (nSPS) is 14.6. The first kappa shape index (κ1) is 58.8. The molecule has 16 bridgehead atoms. The van der Waals surface area contributed by atoms with Crippen LogP contribution >= 0.6 is 0 Å². The van der Waals surface area contributed by atoms with E-state index in [-0.39, 0.29) is 88.0 Å². The zero-order valence-corrected chi connectivity index (χ0v) is 52.0. The number of phenolic OH excluding ortho intramolecular Hbond substituents is 4. The highest BCUT2D eigenvalue weighted by Crippen LogP contribution is 2.46. The smallest absolute Gasteiger partial charge is 0.126 e. The molecule has 0 radical (unpaired) electrons. The predicted octanol–water partition coefficient (Wildman–Crippen LogP) is 17.2. The molecule has 0 atom stereocenters. The monoisotopic (exact) mass is 1090 g/mol. The highest BCUT2D eigenvalue weighted by atomic mass is 16.5. The Hall–Kier alpha value is -6.86. The third kappa shape index (κ3) is 12.6. The lowest BCUT2D eigenvalue weighted by atomic mass is 9.79. The van der Waals surface area contributed by atoms with Gasteiger partial charge >= 0.3 is 0 Å². The summed E-state index contributed by atoms with van der Waals surface area (Å²) in [5.41, 5.74) is 23.6. The van der Waals surface area contributed by atoms with Crippen molar-refractivity contribution < 1.29 is 29.9 Å². The van der Waals surface area contributed by atoms with Crippen LogP contribution in [0.15, 0.2) is 91.0 Å². The summed E-state index contributed by atoms with van der Waals surface area (Å²) in [7, 11) is 0. The molecule has 2 aliphatic rings. The number of nitrogens with two attached hydrogens (primary N) is 1. The lowest BCUT2D eigenvalue weighted by Crippen LogP contribution is -2.17. The van der Waals surface area contributed by atoms with Gasteiger partial charge in [-0.2, -0.15) is 0 Å². The number of rotatable bonds is 0. The van der Waals surface area contributed by atoms with Gasteiger partial charge in [0.25, 0.3) is 0 Å². The number of hydrogen-bond acceptors (Lipinski definition) is 7. The van der Waals surface area contributed by atoms with Gasteiger partial charge in [0.2, 0.25) is 0 Å². The second kappa shape index (κ2) is 20.8. The average Bonchev–Trinajstić information content (AvgIpc) is 3.32. The van der Waals surface area contributed by atoms with Crippen LogP contribution < -0.4 is 15.2 Å². The van der Waals surface area contributed by atoms with Crippen LogP contribution in [0.5, 0.6) is 34.5 Å². The van der Waals surface area contributed by atoms with E-state index in [4.69, 9.17) is 15.2 Å². The fourth-order valence-corrected chi connectivity index (χ4v) is 11.6. The topological polar surface area (TPSA) is 125 Å². The first-order valence-corrected chi connectivity index (χ1v) is 29.3. The molecule has 0 unspecified atom stereocenters. The Morgan fingerprint density at radius 1 is 0.272 bits per heavy atom. The van der Waals surface area contributed by atoms with Crippen LogP contribution in [0.1, 0.15) is 236 Å². The third-order valence-corrected chi connectivity index (χ3v) is 16.9. The van der Waals surface area contributed by atoms with E-state index < -0.39 is 0 Å². The zero-order chi connectivity index (χ0) is 59.3. The van der Waals surface area contributed by atoms with Crippen molar-refractivity contribution in [2.45, 2.75) is 209 Å². The van der Waals surface area contributed by atoms with Crippen LogP contribution in [0.25, 0.3) is 0 Å². The van der Waals surface area contributed by atoms with Gasteiger partial charge in [-0.15, -0.1) is 0 Å². The minimum absolute atomic E-state index is 0.138. The van der Waals surface area contributed by atoms with Crippen molar-refractivity contribution in [3.05, 3.63) is 202 Å². The highest BCUT2D eigenvalue weighted by Gasteiger charge is 2.31. The molecule has 0 saturated carbocycles. The van der Waals surface area contributed by atoms with Crippen molar-refractivity contribution in [3.63, 3.8) is 0 Å². The minimum atomic E-state index is -0.298. The van der Waals surface area contributed by atoms with Gasteiger partial charge in [0.1, 0.15) is 47.7 Å². The van der Waals surface area contributed by atoms with Crippen molar-refractivity contribution in [3.8, 4) is 34.5 Å². The van der Waals surface area contributed by atoms with Crippen molar-refractivity contribution in [1.29, 1.82) is 0 Å². The summed E-state index contributed by atoms with van der Waals surface area (Å²) in [6.07, 6.45) is 1.99. The summed E-state index contributed by atoms with van der Waals surface area (Å²) in [5, 5.41) is 51.1. The van der Waals surface area contributed by atoms with Gasteiger partial charge < -0.3 is 35.6 Å². The van der Waals surface area contributed by atoms with Crippen molar-refractivity contribution in [1.82, 2.24) is 0 Å². The third-order valence-electron chi connectivity index (χ3n) is 16.9. The van der Waals surface area contributed by atoms with Gasteiger partial charge in [0.05, 0.1) is 0 Å². The quantitative estimate of drug-likeness (QED) is 0.0958. The van der Waals surface area contributed by atoms with Crippen LogP contribution in [-0.2, 0) is 84.2 Å². The fraction of sp³-hybridized carbons (Fsp3) is 0.432. The Kier molecular flexibility index (Phi) is 15.1. The first-order chi connectivity index (χ1) is 37.4. The van der Waals surface area contributed by atoms with E-state index in [1.165, 1.54) is 0 Å². The number of aromatic hydroxyl groups is 4. The Morgan fingerprint density at radius 2 is 0.444 bits per heavy atom. The van der Waals surface area contributed by atoms with E-state index in [2.05, 4.69) is 203 Å². The van der Waals surface area contributed by atoms with Crippen LogP contribution in [-0.4, -0.2) is 20.4 Å². The summed E-state index contributed by atoms with van der Waals surface area (Å²) < 4.78 is 14.4. The fourth-order valence-electron chi connectivity index (χ4n) is 11.6. The van der Waals surface area contributed by atoms with E-state index in [1.807, 2.05) is 12.1 Å². The van der Waals surface area contributed by atoms with Crippen LogP contribution in [0.2, 0.25) is 0 Å². The maximum absolute atomic E-state index is 12.9. The molecule has 0 fully saturated rings. The molecule has 1 aliphatic carbocycles. The molecule has 7 nitrogen and oxygen atoms in total. The Balaban J connectivity index is 1.41. The van der Waals surface area contributed by atoms with Gasteiger partial charge in [0, 0.05) is 44.2 Å². The van der Waals surface area contributed by atoms with E-state index in [0.717, 1.165) is 89.4 Å². The molecule has 6 N–H and O–H groups in total. The lowest BCUT2D eigenvalue weighted by molar-refractivity contribution is 0.290. The molecule has 9 rings (SSSR count). The second-order valence-electron chi connectivity index (χ2n) is 30.0. The van der Waals surface area contributed by atoms with Crippen LogP contribution in [0.3, 0.4) is 0 Å².